The van der Waals surface area contributed by atoms with Crippen molar-refractivity contribution in [1.82, 2.24) is 14.8 Å². The third kappa shape index (κ3) is 3.12. The van der Waals surface area contributed by atoms with Crippen molar-refractivity contribution in [3.8, 4) is 0 Å². The van der Waals surface area contributed by atoms with Crippen molar-refractivity contribution >= 4 is 5.91 Å². The molecule has 1 aromatic heterocycles. The number of carbonyl (C=O) groups excluding carboxylic acids is 1. The molecular formula is C23H26FN3O. The number of fused-ring (bicyclic) bond motifs is 2. The lowest BCUT2D eigenvalue weighted by Gasteiger charge is -2.51. The van der Waals surface area contributed by atoms with Crippen LogP contribution in [0.5, 0.6) is 0 Å². The van der Waals surface area contributed by atoms with Crippen molar-refractivity contribution < 1.29 is 9.18 Å². The van der Waals surface area contributed by atoms with E-state index in [0.717, 1.165) is 30.9 Å². The summed E-state index contributed by atoms with van der Waals surface area (Å²) in [4.78, 5) is 22.3. The van der Waals surface area contributed by atoms with Gasteiger partial charge in [-0.25, -0.2) is 4.39 Å². The molecule has 0 N–H and O–H groups in total. The van der Waals surface area contributed by atoms with E-state index in [9.17, 15) is 9.18 Å². The number of rotatable bonds is 4. The predicted molar refractivity (Wildman–Crippen MR) is 105 cm³/mol. The van der Waals surface area contributed by atoms with Crippen molar-refractivity contribution in [1.29, 1.82) is 0 Å². The number of carbonyl (C=O) groups is 1. The van der Waals surface area contributed by atoms with Crippen molar-refractivity contribution in [2.24, 2.45) is 5.92 Å². The number of hydrogen-bond acceptors (Lipinski definition) is 3. The summed E-state index contributed by atoms with van der Waals surface area (Å²) in [6.07, 6.45) is 5.33. The number of nitrogens with zero attached hydrogens (tertiary/aromatic N) is 3. The van der Waals surface area contributed by atoms with Gasteiger partial charge in [0.25, 0.3) is 0 Å². The topological polar surface area (TPSA) is 36.4 Å². The van der Waals surface area contributed by atoms with E-state index >= 15 is 0 Å². The summed E-state index contributed by atoms with van der Waals surface area (Å²) in [5.41, 5.74) is 2.12. The maximum Gasteiger partial charge on any atom is 0.223 e. The summed E-state index contributed by atoms with van der Waals surface area (Å²) < 4.78 is 13.4. The van der Waals surface area contributed by atoms with Crippen LogP contribution in [0, 0.1) is 11.7 Å². The molecule has 1 amide bonds. The second-order valence-corrected chi connectivity index (χ2v) is 8.38. The van der Waals surface area contributed by atoms with E-state index in [0.29, 0.717) is 30.8 Å². The van der Waals surface area contributed by atoms with Crippen LogP contribution in [0.2, 0.25) is 0 Å². The van der Waals surface area contributed by atoms with Gasteiger partial charge < -0.3 is 4.90 Å². The largest absolute Gasteiger partial charge is 0.337 e. The lowest BCUT2D eigenvalue weighted by Crippen LogP contribution is -2.60. The highest BCUT2D eigenvalue weighted by Gasteiger charge is 2.54. The summed E-state index contributed by atoms with van der Waals surface area (Å²) in [6, 6.07) is 13.4. The molecule has 2 bridgehead atoms. The molecule has 5 heteroatoms. The lowest BCUT2D eigenvalue weighted by molar-refractivity contribution is -0.135. The molecule has 0 radical (unpaired) electrons. The van der Waals surface area contributed by atoms with Gasteiger partial charge >= 0.3 is 0 Å². The quantitative estimate of drug-likeness (QED) is 0.818. The van der Waals surface area contributed by atoms with Gasteiger partial charge in [0.1, 0.15) is 5.82 Å². The predicted octanol–water partition coefficient (Wildman–Crippen LogP) is 3.24. The Morgan fingerprint density at radius 2 is 1.86 bits per heavy atom. The van der Waals surface area contributed by atoms with Crippen molar-refractivity contribution in [2.45, 2.75) is 43.7 Å². The number of benzene rings is 1. The van der Waals surface area contributed by atoms with Gasteiger partial charge in [0.2, 0.25) is 5.91 Å². The first kappa shape index (κ1) is 17.8. The van der Waals surface area contributed by atoms with E-state index < -0.39 is 0 Å². The van der Waals surface area contributed by atoms with Gasteiger partial charge in [-0.05, 0) is 68.1 Å². The Labute approximate surface area is 165 Å². The molecule has 3 atom stereocenters. The van der Waals surface area contributed by atoms with Crippen molar-refractivity contribution in [2.75, 3.05) is 19.6 Å². The Balaban J connectivity index is 1.38. The maximum absolute atomic E-state index is 13.4. The second kappa shape index (κ2) is 7.28. The highest BCUT2D eigenvalue weighted by atomic mass is 19.1. The summed E-state index contributed by atoms with van der Waals surface area (Å²) >= 11 is 0. The monoisotopic (exact) mass is 379 g/mol. The first-order valence-corrected chi connectivity index (χ1v) is 10.4. The average molecular weight is 379 g/mol. The first-order valence-electron chi connectivity index (χ1n) is 10.4. The molecule has 0 saturated carbocycles. The Hall–Kier alpha value is -2.27. The minimum Gasteiger partial charge on any atom is -0.337 e. The third-order valence-electron chi connectivity index (χ3n) is 6.93. The Kier molecular flexibility index (Phi) is 4.63. The van der Waals surface area contributed by atoms with Crippen LogP contribution in [0.15, 0.2) is 48.7 Å². The number of pyridine rings is 1. The highest BCUT2D eigenvalue weighted by Crippen LogP contribution is 2.46. The van der Waals surface area contributed by atoms with E-state index in [1.807, 2.05) is 30.3 Å². The molecule has 0 spiro atoms. The van der Waals surface area contributed by atoms with Crippen LogP contribution >= 0.6 is 0 Å². The number of piperidine rings is 3. The van der Waals surface area contributed by atoms with E-state index in [2.05, 4.69) is 14.8 Å². The van der Waals surface area contributed by atoms with Crippen LogP contribution in [0.4, 0.5) is 4.39 Å². The SMILES string of the molecule is O=C(CCc1ccccn1)N1C[C@@H](c2ccc(F)cc2)[C@@H]2[C@H]1C1CCN2CC1. The van der Waals surface area contributed by atoms with Gasteiger partial charge in [0, 0.05) is 36.8 Å². The molecule has 4 aliphatic rings. The number of amides is 1. The van der Waals surface area contributed by atoms with E-state index in [1.165, 1.54) is 12.8 Å². The number of halogens is 1. The minimum atomic E-state index is -0.202. The smallest absolute Gasteiger partial charge is 0.223 e. The molecule has 146 valence electrons. The number of hydrogen-bond donors (Lipinski definition) is 0. The van der Waals surface area contributed by atoms with E-state index in [4.69, 9.17) is 0 Å². The van der Waals surface area contributed by atoms with Crippen LogP contribution in [0.25, 0.3) is 0 Å². The molecule has 1 aromatic carbocycles. The summed E-state index contributed by atoms with van der Waals surface area (Å²) in [6.45, 7) is 2.99. The first-order chi connectivity index (χ1) is 13.7. The molecule has 4 saturated heterocycles. The molecule has 4 nitrogen and oxygen atoms in total. The normalized spacial score (nSPS) is 31.0. The number of aromatic nitrogens is 1. The van der Waals surface area contributed by atoms with Crippen LogP contribution < -0.4 is 0 Å². The zero-order valence-corrected chi connectivity index (χ0v) is 16.0. The zero-order valence-electron chi connectivity index (χ0n) is 16.0. The van der Waals surface area contributed by atoms with Crippen LogP contribution in [-0.2, 0) is 11.2 Å². The maximum atomic E-state index is 13.4. The molecular weight excluding hydrogens is 353 g/mol. The fraction of sp³-hybridized carbons (Fsp3) is 0.478. The molecule has 28 heavy (non-hydrogen) atoms. The Bertz CT molecular complexity index is 833. The van der Waals surface area contributed by atoms with Gasteiger partial charge in [-0.1, -0.05) is 18.2 Å². The van der Waals surface area contributed by atoms with Crippen LogP contribution in [0.1, 0.15) is 36.4 Å². The minimum absolute atomic E-state index is 0.202. The molecule has 4 aliphatic heterocycles. The third-order valence-corrected chi connectivity index (χ3v) is 6.93. The number of likely N-dealkylation sites (tertiary alicyclic amines) is 1. The van der Waals surface area contributed by atoms with Crippen molar-refractivity contribution in [3.63, 3.8) is 0 Å². The Morgan fingerprint density at radius 3 is 2.57 bits per heavy atom. The Morgan fingerprint density at radius 1 is 1.07 bits per heavy atom. The standard InChI is InChI=1S/C23H26FN3O/c24-18-6-4-16(5-7-18)20-15-27(21(28)9-8-19-3-1-2-12-25-19)22-17-10-13-26(14-11-17)23(20)22/h1-7,12,17,20,22-23H,8-11,13-15H2/t20-,22+,23+/m0/s1. The van der Waals surface area contributed by atoms with Crippen LogP contribution in [-0.4, -0.2) is 52.4 Å². The molecule has 0 unspecified atom stereocenters. The zero-order chi connectivity index (χ0) is 19.1. The highest BCUT2D eigenvalue weighted by molar-refractivity contribution is 5.77. The molecule has 0 aliphatic carbocycles. The summed E-state index contributed by atoms with van der Waals surface area (Å²) in [5, 5.41) is 0. The molecule has 4 fully saturated rings. The average Bonchev–Trinajstić information content (AvgIpc) is 3.17. The lowest BCUT2D eigenvalue weighted by atomic mass is 9.75. The molecule has 5 heterocycles. The van der Waals surface area contributed by atoms with Gasteiger partial charge in [0.15, 0.2) is 0 Å². The molecule has 2 aromatic rings. The van der Waals surface area contributed by atoms with Crippen LogP contribution in [0.3, 0.4) is 0 Å². The van der Waals surface area contributed by atoms with E-state index in [1.54, 1.807) is 18.3 Å². The fourth-order valence-corrected chi connectivity index (χ4v) is 5.63. The summed E-state index contributed by atoms with van der Waals surface area (Å²) in [5.74, 6) is 0.901. The van der Waals surface area contributed by atoms with Gasteiger partial charge in [-0.15, -0.1) is 0 Å². The van der Waals surface area contributed by atoms with Gasteiger partial charge in [-0.2, -0.15) is 0 Å². The van der Waals surface area contributed by atoms with Crippen molar-refractivity contribution in [3.05, 3.63) is 65.7 Å². The van der Waals surface area contributed by atoms with Gasteiger partial charge in [-0.3, -0.25) is 14.7 Å². The fourth-order valence-electron chi connectivity index (χ4n) is 5.63. The second-order valence-electron chi connectivity index (χ2n) is 8.38. The molecule has 6 rings (SSSR count). The summed E-state index contributed by atoms with van der Waals surface area (Å²) in [7, 11) is 0. The number of aryl methyl sites for hydroxylation is 1. The van der Waals surface area contributed by atoms with E-state index in [-0.39, 0.29) is 17.6 Å². The van der Waals surface area contributed by atoms with Gasteiger partial charge in [0.05, 0.1) is 6.04 Å².